The lowest BCUT2D eigenvalue weighted by molar-refractivity contribution is -0.386. The molecular formula is C14H21N3O5. The first kappa shape index (κ1) is 17.8. The van der Waals surface area contributed by atoms with Gasteiger partial charge in [0.25, 0.3) is 0 Å². The number of nitro groups is 1. The van der Waals surface area contributed by atoms with Crippen LogP contribution < -0.4 is 0 Å². The van der Waals surface area contributed by atoms with Crippen LogP contribution in [0.4, 0.5) is 5.69 Å². The molecule has 0 saturated heterocycles. The number of aryl methyl sites for hydroxylation is 1. The smallest absolute Gasteiger partial charge is 0.312 e. The van der Waals surface area contributed by atoms with Gasteiger partial charge in [-0.3, -0.25) is 19.6 Å². The SMILES string of the molecule is C=CCOC(CC(=O)OC(C)(C)C)c1c([N+](=O)[O-])cnn1C. The molecule has 0 N–H and O–H groups in total. The van der Waals surface area contributed by atoms with E-state index in [4.69, 9.17) is 9.47 Å². The van der Waals surface area contributed by atoms with Crippen LogP contribution in [-0.2, 0) is 21.3 Å². The van der Waals surface area contributed by atoms with E-state index in [0.29, 0.717) is 0 Å². The summed E-state index contributed by atoms with van der Waals surface area (Å²) >= 11 is 0. The highest BCUT2D eigenvalue weighted by Gasteiger charge is 2.31. The zero-order chi connectivity index (χ0) is 16.9. The van der Waals surface area contributed by atoms with E-state index in [1.807, 2.05) is 0 Å². The summed E-state index contributed by atoms with van der Waals surface area (Å²) in [6.07, 6.45) is 1.66. The Labute approximate surface area is 128 Å². The van der Waals surface area contributed by atoms with Crippen LogP contribution in [0.15, 0.2) is 18.9 Å². The number of aromatic nitrogens is 2. The van der Waals surface area contributed by atoms with Crippen molar-refractivity contribution in [3.63, 3.8) is 0 Å². The summed E-state index contributed by atoms with van der Waals surface area (Å²) in [5.74, 6) is -0.503. The molecule has 0 aliphatic rings. The molecule has 0 fully saturated rings. The molecule has 0 bridgehead atoms. The van der Waals surface area contributed by atoms with Crippen LogP contribution >= 0.6 is 0 Å². The minimum absolute atomic E-state index is 0.147. The molecule has 1 unspecified atom stereocenters. The summed E-state index contributed by atoms with van der Waals surface area (Å²) in [7, 11) is 1.56. The number of hydrogen-bond donors (Lipinski definition) is 0. The summed E-state index contributed by atoms with van der Waals surface area (Å²) in [6, 6.07) is 0. The zero-order valence-corrected chi connectivity index (χ0v) is 13.2. The number of nitrogens with zero attached hydrogens (tertiary/aromatic N) is 3. The average molecular weight is 311 g/mol. The van der Waals surface area contributed by atoms with Crippen LogP contribution in [0, 0.1) is 10.1 Å². The maximum atomic E-state index is 12.0. The van der Waals surface area contributed by atoms with Gasteiger partial charge in [-0.15, -0.1) is 6.58 Å². The fourth-order valence-electron chi connectivity index (χ4n) is 1.90. The molecule has 1 heterocycles. The van der Waals surface area contributed by atoms with Crippen molar-refractivity contribution in [1.29, 1.82) is 0 Å². The van der Waals surface area contributed by atoms with Gasteiger partial charge in [-0.25, -0.2) is 0 Å². The van der Waals surface area contributed by atoms with Crippen LogP contribution in [0.2, 0.25) is 0 Å². The third-order valence-corrected chi connectivity index (χ3v) is 2.65. The second-order valence-corrected chi connectivity index (χ2v) is 5.70. The number of hydrogen-bond acceptors (Lipinski definition) is 6. The van der Waals surface area contributed by atoms with Gasteiger partial charge in [-0.05, 0) is 20.8 Å². The van der Waals surface area contributed by atoms with E-state index in [-0.39, 0.29) is 24.4 Å². The number of esters is 1. The van der Waals surface area contributed by atoms with Crippen LogP contribution in [0.5, 0.6) is 0 Å². The number of carbonyl (C=O) groups excluding carboxylic acids is 1. The minimum Gasteiger partial charge on any atom is -0.460 e. The molecule has 1 aromatic heterocycles. The Kier molecular flexibility index (Phi) is 5.81. The quantitative estimate of drug-likeness (QED) is 0.332. The molecule has 0 amide bonds. The van der Waals surface area contributed by atoms with E-state index >= 15 is 0 Å². The average Bonchev–Trinajstić information content (AvgIpc) is 2.74. The molecule has 0 aromatic carbocycles. The molecular weight excluding hydrogens is 290 g/mol. The standard InChI is InChI=1S/C14H21N3O5/c1-6-7-21-11(8-12(18)22-14(2,3)4)13-10(17(19)20)9-15-16(13)5/h6,9,11H,1,7-8H2,2-5H3. The third-order valence-electron chi connectivity index (χ3n) is 2.65. The van der Waals surface area contributed by atoms with Gasteiger partial charge in [0, 0.05) is 7.05 Å². The summed E-state index contributed by atoms with van der Waals surface area (Å²) in [5.41, 5.74) is -0.615. The van der Waals surface area contributed by atoms with Crippen LogP contribution in [0.1, 0.15) is 39.0 Å². The Morgan fingerprint density at radius 3 is 2.73 bits per heavy atom. The van der Waals surface area contributed by atoms with Crippen molar-refractivity contribution in [1.82, 2.24) is 9.78 Å². The summed E-state index contributed by atoms with van der Waals surface area (Å²) in [6.45, 7) is 8.92. The molecule has 8 heteroatoms. The largest absolute Gasteiger partial charge is 0.460 e. The molecule has 0 aliphatic heterocycles. The summed E-state index contributed by atoms with van der Waals surface area (Å²) < 4.78 is 12.1. The van der Waals surface area contributed by atoms with E-state index in [9.17, 15) is 14.9 Å². The van der Waals surface area contributed by atoms with Gasteiger partial charge in [-0.1, -0.05) is 6.08 Å². The van der Waals surface area contributed by atoms with Crippen LogP contribution in [0.25, 0.3) is 0 Å². The Bertz CT molecular complexity index is 559. The Morgan fingerprint density at radius 2 is 2.23 bits per heavy atom. The monoisotopic (exact) mass is 311 g/mol. The Morgan fingerprint density at radius 1 is 1.59 bits per heavy atom. The normalized spacial score (nSPS) is 12.7. The Hall–Kier alpha value is -2.22. The molecule has 1 aromatic rings. The van der Waals surface area contributed by atoms with Gasteiger partial charge in [0.1, 0.15) is 23.6 Å². The topological polar surface area (TPSA) is 96.5 Å². The van der Waals surface area contributed by atoms with Gasteiger partial charge in [-0.2, -0.15) is 5.10 Å². The van der Waals surface area contributed by atoms with Crippen molar-refractivity contribution in [2.75, 3.05) is 6.61 Å². The molecule has 122 valence electrons. The highest BCUT2D eigenvalue weighted by Crippen LogP contribution is 2.30. The molecule has 22 heavy (non-hydrogen) atoms. The van der Waals surface area contributed by atoms with Crippen LogP contribution in [0.3, 0.4) is 0 Å². The van der Waals surface area contributed by atoms with Crippen molar-refractivity contribution < 1.29 is 19.2 Å². The lowest BCUT2D eigenvalue weighted by Gasteiger charge is -2.22. The number of rotatable bonds is 7. The maximum Gasteiger partial charge on any atom is 0.312 e. The van der Waals surface area contributed by atoms with E-state index in [1.165, 1.54) is 10.8 Å². The minimum atomic E-state index is -0.833. The van der Waals surface area contributed by atoms with Gasteiger partial charge in [0.05, 0.1) is 18.0 Å². The number of carbonyl (C=O) groups is 1. The van der Waals surface area contributed by atoms with Crippen molar-refractivity contribution in [3.05, 3.63) is 34.7 Å². The highest BCUT2D eigenvalue weighted by molar-refractivity contribution is 5.71. The fraction of sp³-hybridized carbons (Fsp3) is 0.571. The predicted octanol–water partition coefficient (Wildman–Crippen LogP) is 2.30. The lowest BCUT2D eigenvalue weighted by Crippen LogP contribution is -2.26. The van der Waals surface area contributed by atoms with Crippen LogP contribution in [-0.4, -0.2) is 32.9 Å². The first-order chi connectivity index (χ1) is 10.2. The van der Waals surface area contributed by atoms with Crippen molar-refractivity contribution in [2.24, 2.45) is 7.05 Å². The van der Waals surface area contributed by atoms with Crippen molar-refractivity contribution in [2.45, 2.75) is 38.9 Å². The van der Waals surface area contributed by atoms with Gasteiger partial charge < -0.3 is 9.47 Å². The van der Waals surface area contributed by atoms with E-state index in [2.05, 4.69) is 11.7 Å². The van der Waals surface area contributed by atoms with Crippen molar-refractivity contribution >= 4 is 11.7 Å². The fourth-order valence-corrected chi connectivity index (χ4v) is 1.90. The molecule has 1 rings (SSSR count). The number of ether oxygens (including phenoxy) is 2. The molecule has 8 nitrogen and oxygen atoms in total. The van der Waals surface area contributed by atoms with E-state index in [0.717, 1.165) is 6.20 Å². The second kappa shape index (κ2) is 7.17. The highest BCUT2D eigenvalue weighted by atomic mass is 16.6. The molecule has 0 spiro atoms. The predicted molar refractivity (Wildman–Crippen MR) is 79.2 cm³/mol. The van der Waals surface area contributed by atoms with Gasteiger partial charge in [0.2, 0.25) is 0 Å². The first-order valence-electron chi connectivity index (χ1n) is 6.76. The summed E-state index contributed by atoms with van der Waals surface area (Å²) in [5, 5.41) is 15.0. The Balaban J connectivity index is 3.03. The van der Waals surface area contributed by atoms with Crippen molar-refractivity contribution in [3.8, 4) is 0 Å². The van der Waals surface area contributed by atoms with Gasteiger partial charge >= 0.3 is 11.7 Å². The molecule has 0 saturated carbocycles. The van der Waals surface area contributed by atoms with E-state index in [1.54, 1.807) is 27.8 Å². The summed E-state index contributed by atoms with van der Waals surface area (Å²) in [4.78, 5) is 22.5. The first-order valence-corrected chi connectivity index (χ1v) is 6.76. The van der Waals surface area contributed by atoms with Gasteiger partial charge in [0.15, 0.2) is 0 Å². The third kappa shape index (κ3) is 4.96. The molecule has 0 radical (unpaired) electrons. The maximum absolute atomic E-state index is 12.0. The van der Waals surface area contributed by atoms with E-state index < -0.39 is 22.6 Å². The molecule has 0 aliphatic carbocycles. The second-order valence-electron chi connectivity index (χ2n) is 5.70. The zero-order valence-electron chi connectivity index (χ0n) is 13.2. The molecule has 1 atom stereocenters. The lowest BCUT2D eigenvalue weighted by atomic mass is 10.1.